The fraction of sp³-hybridized carbons (Fsp3) is 0.500. The van der Waals surface area contributed by atoms with Crippen molar-refractivity contribution in [2.45, 2.75) is 32.4 Å². The molecule has 10 heteroatoms. The van der Waals surface area contributed by atoms with E-state index in [2.05, 4.69) is 50.6 Å². The van der Waals surface area contributed by atoms with Gasteiger partial charge in [-0.3, -0.25) is 4.68 Å². The number of methoxy groups -OCH3 is 1. The molecule has 172 valence electrons. The molecule has 2 aromatic heterocycles. The maximum absolute atomic E-state index is 9.65. The standard InChI is InChI=1S/C22H32N8O2/c1-3-4-16(14-31)25-21-20-18(26-22(23)27-21)13-30(28-20)12-15-5-6-17(11-19(15)32-2)29-9-7-24-8-10-29/h5-6,11,13,16,24,31H,3-4,7-10,12,14H2,1-2H3,(H3,23,25,26,27)/t16-/m0/s1. The molecular formula is C22H32N8O2. The first-order valence-corrected chi connectivity index (χ1v) is 11.1. The molecule has 0 bridgehead atoms. The second kappa shape index (κ2) is 10.0. The maximum atomic E-state index is 9.65. The number of fused-ring (bicyclic) bond motifs is 1. The fourth-order valence-corrected chi connectivity index (χ4v) is 4.07. The summed E-state index contributed by atoms with van der Waals surface area (Å²) < 4.78 is 7.51. The van der Waals surface area contributed by atoms with E-state index < -0.39 is 0 Å². The van der Waals surface area contributed by atoms with Gasteiger partial charge in [0.15, 0.2) is 11.3 Å². The van der Waals surface area contributed by atoms with Gasteiger partial charge in [-0.25, -0.2) is 4.98 Å². The number of ether oxygens (including phenoxy) is 1. The lowest BCUT2D eigenvalue weighted by molar-refractivity contribution is 0.268. The largest absolute Gasteiger partial charge is 0.496 e. The molecule has 0 aliphatic carbocycles. The number of aliphatic hydroxyl groups is 1. The van der Waals surface area contributed by atoms with E-state index >= 15 is 0 Å². The number of nitrogens with two attached hydrogens (primary N) is 1. The predicted octanol–water partition coefficient (Wildman–Crippen LogP) is 1.45. The molecule has 0 spiro atoms. The summed E-state index contributed by atoms with van der Waals surface area (Å²) in [5.41, 5.74) is 9.39. The van der Waals surface area contributed by atoms with Gasteiger partial charge in [0.25, 0.3) is 0 Å². The molecule has 10 nitrogen and oxygen atoms in total. The number of piperazine rings is 1. The Morgan fingerprint density at radius 1 is 1.28 bits per heavy atom. The molecule has 32 heavy (non-hydrogen) atoms. The minimum absolute atomic E-state index is 0.0105. The lowest BCUT2D eigenvalue weighted by atomic mass is 10.1. The van der Waals surface area contributed by atoms with Gasteiger partial charge in [-0.15, -0.1) is 0 Å². The predicted molar refractivity (Wildman–Crippen MR) is 126 cm³/mol. The van der Waals surface area contributed by atoms with E-state index in [1.54, 1.807) is 7.11 Å². The average molecular weight is 441 g/mol. The van der Waals surface area contributed by atoms with E-state index in [0.29, 0.717) is 23.4 Å². The summed E-state index contributed by atoms with van der Waals surface area (Å²) in [4.78, 5) is 11.0. The first kappa shape index (κ1) is 22.1. The molecule has 0 amide bonds. The Morgan fingerprint density at radius 3 is 2.81 bits per heavy atom. The van der Waals surface area contributed by atoms with Gasteiger partial charge >= 0.3 is 0 Å². The number of anilines is 3. The van der Waals surface area contributed by atoms with Gasteiger partial charge in [0.1, 0.15) is 11.3 Å². The Hall–Kier alpha value is -3.11. The van der Waals surface area contributed by atoms with Gasteiger partial charge in [-0.1, -0.05) is 19.4 Å². The number of hydrogen-bond acceptors (Lipinski definition) is 9. The van der Waals surface area contributed by atoms with Crippen LogP contribution in [0.3, 0.4) is 0 Å². The van der Waals surface area contributed by atoms with Crippen LogP contribution in [0.25, 0.3) is 11.0 Å². The van der Waals surface area contributed by atoms with E-state index in [1.807, 2.05) is 10.9 Å². The van der Waals surface area contributed by atoms with Crippen LogP contribution in [-0.2, 0) is 6.54 Å². The van der Waals surface area contributed by atoms with Gasteiger partial charge in [0.2, 0.25) is 5.95 Å². The molecule has 1 aliphatic rings. The van der Waals surface area contributed by atoms with Crippen LogP contribution in [0.1, 0.15) is 25.3 Å². The van der Waals surface area contributed by atoms with Crippen molar-refractivity contribution >= 4 is 28.5 Å². The third-order valence-electron chi connectivity index (χ3n) is 5.71. The van der Waals surface area contributed by atoms with Crippen molar-refractivity contribution in [3.05, 3.63) is 30.0 Å². The molecule has 3 aromatic rings. The second-order valence-corrected chi connectivity index (χ2v) is 8.04. The Labute approximate surface area is 187 Å². The highest BCUT2D eigenvalue weighted by atomic mass is 16.5. The first-order chi connectivity index (χ1) is 15.6. The van der Waals surface area contributed by atoms with Crippen molar-refractivity contribution in [3.8, 4) is 5.75 Å². The summed E-state index contributed by atoms with van der Waals surface area (Å²) in [5, 5.41) is 21.0. The lowest BCUT2D eigenvalue weighted by Crippen LogP contribution is -2.43. The number of aromatic nitrogens is 4. The summed E-state index contributed by atoms with van der Waals surface area (Å²) in [5.74, 6) is 1.54. The minimum atomic E-state index is -0.111. The summed E-state index contributed by atoms with van der Waals surface area (Å²) in [6, 6.07) is 6.20. The normalized spacial score (nSPS) is 15.2. The third-order valence-corrected chi connectivity index (χ3v) is 5.71. The fourth-order valence-electron chi connectivity index (χ4n) is 4.07. The van der Waals surface area contributed by atoms with Crippen molar-refractivity contribution < 1.29 is 9.84 Å². The van der Waals surface area contributed by atoms with Gasteiger partial charge in [0.05, 0.1) is 32.5 Å². The van der Waals surface area contributed by atoms with Crippen molar-refractivity contribution in [1.29, 1.82) is 0 Å². The van der Waals surface area contributed by atoms with Crippen LogP contribution in [0.15, 0.2) is 24.4 Å². The van der Waals surface area contributed by atoms with Crippen LogP contribution >= 0.6 is 0 Å². The Bertz CT molecular complexity index is 1050. The molecular weight excluding hydrogens is 408 g/mol. The monoisotopic (exact) mass is 440 g/mol. The highest BCUT2D eigenvalue weighted by Crippen LogP contribution is 2.28. The van der Waals surface area contributed by atoms with E-state index in [1.165, 1.54) is 0 Å². The highest BCUT2D eigenvalue weighted by molar-refractivity contribution is 5.86. The number of rotatable bonds is 9. The van der Waals surface area contributed by atoms with Crippen LogP contribution in [-0.4, -0.2) is 70.8 Å². The summed E-state index contributed by atoms with van der Waals surface area (Å²) >= 11 is 0. The first-order valence-electron chi connectivity index (χ1n) is 11.1. The highest BCUT2D eigenvalue weighted by Gasteiger charge is 2.17. The smallest absolute Gasteiger partial charge is 0.222 e. The molecule has 3 heterocycles. The summed E-state index contributed by atoms with van der Waals surface area (Å²) in [6.07, 6.45) is 3.62. The molecule has 0 unspecified atom stereocenters. The zero-order valence-corrected chi connectivity index (χ0v) is 18.7. The van der Waals surface area contributed by atoms with Crippen molar-refractivity contribution in [3.63, 3.8) is 0 Å². The minimum Gasteiger partial charge on any atom is -0.496 e. The van der Waals surface area contributed by atoms with E-state index in [4.69, 9.17) is 15.6 Å². The zero-order chi connectivity index (χ0) is 22.5. The van der Waals surface area contributed by atoms with Crippen LogP contribution < -0.4 is 26.0 Å². The molecule has 1 aliphatic heterocycles. The number of nitrogens with zero attached hydrogens (tertiary/aromatic N) is 5. The van der Waals surface area contributed by atoms with Gasteiger partial charge in [-0.05, 0) is 12.5 Å². The Kier molecular flexibility index (Phi) is 6.91. The van der Waals surface area contributed by atoms with Crippen LogP contribution in [0.2, 0.25) is 0 Å². The van der Waals surface area contributed by atoms with Crippen molar-refractivity contribution in [2.75, 3.05) is 55.8 Å². The number of nitrogen functional groups attached to an aromatic ring is 1. The molecule has 1 fully saturated rings. The molecule has 1 saturated heterocycles. The third kappa shape index (κ3) is 4.86. The van der Waals surface area contributed by atoms with E-state index in [-0.39, 0.29) is 18.6 Å². The van der Waals surface area contributed by atoms with Gasteiger partial charge in [0, 0.05) is 43.5 Å². The molecule has 1 atom stereocenters. The molecule has 5 N–H and O–H groups in total. The number of aliphatic hydroxyl groups excluding tert-OH is 1. The number of nitrogens with one attached hydrogen (secondary N) is 2. The quantitative estimate of drug-likeness (QED) is 0.391. The SMILES string of the molecule is CCC[C@@H](CO)Nc1nc(N)nc2cn(Cc3ccc(N4CCNCC4)cc3OC)nc12. The van der Waals surface area contributed by atoms with Crippen LogP contribution in [0.4, 0.5) is 17.5 Å². The Balaban J connectivity index is 1.59. The van der Waals surface area contributed by atoms with E-state index in [0.717, 1.165) is 56.0 Å². The topological polar surface area (TPSA) is 126 Å². The van der Waals surface area contributed by atoms with Crippen LogP contribution in [0, 0.1) is 0 Å². The number of benzene rings is 1. The molecule has 0 radical (unpaired) electrons. The zero-order valence-electron chi connectivity index (χ0n) is 18.7. The summed E-state index contributed by atoms with van der Waals surface area (Å²) in [6.45, 7) is 6.55. The van der Waals surface area contributed by atoms with E-state index in [9.17, 15) is 5.11 Å². The number of hydrogen-bond donors (Lipinski definition) is 4. The molecule has 0 saturated carbocycles. The Morgan fingerprint density at radius 2 is 2.09 bits per heavy atom. The molecule has 1 aromatic carbocycles. The van der Waals surface area contributed by atoms with Crippen LogP contribution in [0.5, 0.6) is 5.75 Å². The average Bonchev–Trinajstić information content (AvgIpc) is 3.21. The summed E-state index contributed by atoms with van der Waals surface area (Å²) in [7, 11) is 1.69. The van der Waals surface area contributed by atoms with Crippen molar-refractivity contribution in [2.24, 2.45) is 0 Å². The van der Waals surface area contributed by atoms with Gasteiger partial charge < -0.3 is 31.1 Å². The maximum Gasteiger partial charge on any atom is 0.222 e. The van der Waals surface area contributed by atoms with Crippen molar-refractivity contribution in [1.82, 2.24) is 25.1 Å². The van der Waals surface area contributed by atoms with Gasteiger partial charge in [-0.2, -0.15) is 10.1 Å². The lowest BCUT2D eigenvalue weighted by Gasteiger charge is -2.30. The second-order valence-electron chi connectivity index (χ2n) is 8.04. The molecule has 4 rings (SSSR count).